The third kappa shape index (κ3) is 7.32. The number of halogens is 2. The minimum atomic E-state index is -3.84. The second-order valence-electron chi connectivity index (χ2n) is 9.23. The van der Waals surface area contributed by atoms with E-state index < -0.39 is 9.84 Å². The molecule has 1 saturated heterocycles. The number of nitrogens with zero attached hydrogens (tertiary/aromatic N) is 3. The highest BCUT2D eigenvalue weighted by Crippen LogP contribution is 2.26. The summed E-state index contributed by atoms with van der Waals surface area (Å²) in [4.78, 5) is 19.6. The van der Waals surface area contributed by atoms with Crippen molar-refractivity contribution >= 4 is 38.9 Å². The van der Waals surface area contributed by atoms with Crippen LogP contribution in [0.1, 0.15) is 34.5 Å². The van der Waals surface area contributed by atoms with Crippen molar-refractivity contribution in [3.63, 3.8) is 0 Å². The average molecular weight is 597 g/mol. The molecule has 2 heterocycles. The molecule has 2 aromatic carbocycles. The quantitative estimate of drug-likeness (QED) is 0.300. The number of carbonyl (C=O) groups excluding carboxylic acids is 1. The zero-order valence-electron chi connectivity index (χ0n) is 21.8. The lowest BCUT2D eigenvalue weighted by molar-refractivity contribution is 0.0500. The molecule has 3 aromatic rings. The van der Waals surface area contributed by atoms with Crippen molar-refractivity contribution < 1.29 is 27.4 Å². The summed E-state index contributed by atoms with van der Waals surface area (Å²) in [7, 11) is -0.779. The predicted octanol–water partition coefficient (Wildman–Crippen LogP) is 4.64. The Morgan fingerprint density at radius 1 is 1.21 bits per heavy atom. The number of imidazole rings is 1. The number of ether oxygens (including phenoxy) is 3. The molecule has 1 atom stereocenters. The summed E-state index contributed by atoms with van der Waals surface area (Å²) in [5, 5.41) is 0.566. The van der Waals surface area contributed by atoms with Gasteiger partial charge in [-0.1, -0.05) is 35.3 Å². The number of sulfone groups is 1. The van der Waals surface area contributed by atoms with E-state index in [9.17, 15) is 13.2 Å². The second kappa shape index (κ2) is 13.1. The van der Waals surface area contributed by atoms with Gasteiger partial charge in [-0.3, -0.25) is 4.79 Å². The molecule has 0 unspecified atom stereocenters. The van der Waals surface area contributed by atoms with E-state index in [0.717, 1.165) is 12.8 Å². The summed E-state index contributed by atoms with van der Waals surface area (Å²) >= 11 is 12.4. The standard InChI is InChI=1S/C27H31Cl2N3O6S/c1-36-12-10-32-21(15-30-27(32)39(34,35)18-19-5-3-6-22(13-19)37-2)16-31(17-23-7-4-11-38-23)26(33)24-9-8-20(28)14-25(24)29/h3,5-6,8-9,13-15,23H,4,7,10-12,16-18H2,1-2H3/t23-/m0/s1. The molecule has 0 radical (unpaired) electrons. The monoisotopic (exact) mass is 595 g/mol. The maximum absolute atomic E-state index is 13.7. The number of hydrogen-bond acceptors (Lipinski definition) is 7. The van der Waals surface area contributed by atoms with E-state index in [1.807, 2.05) is 0 Å². The van der Waals surface area contributed by atoms with Gasteiger partial charge in [0.2, 0.25) is 15.0 Å². The van der Waals surface area contributed by atoms with Crippen molar-refractivity contribution in [1.82, 2.24) is 14.5 Å². The summed E-state index contributed by atoms with van der Waals surface area (Å²) in [5.74, 6) is -0.00486. The van der Waals surface area contributed by atoms with E-state index in [4.69, 9.17) is 37.4 Å². The predicted molar refractivity (Wildman–Crippen MR) is 148 cm³/mol. The van der Waals surface area contributed by atoms with Crippen molar-refractivity contribution in [2.24, 2.45) is 0 Å². The lowest BCUT2D eigenvalue weighted by Crippen LogP contribution is -2.37. The van der Waals surface area contributed by atoms with E-state index in [1.165, 1.54) is 26.5 Å². The molecule has 39 heavy (non-hydrogen) atoms. The maximum Gasteiger partial charge on any atom is 0.255 e. The van der Waals surface area contributed by atoms with Crippen LogP contribution in [0, 0.1) is 0 Å². The molecular weight excluding hydrogens is 565 g/mol. The molecule has 1 aliphatic rings. The Morgan fingerprint density at radius 3 is 2.72 bits per heavy atom. The summed E-state index contributed by atoms with van der Waals surface area (Å²) in [6, 6.07) is 11.6. The largest absolute Gasteiger partial charge is 0.497 e. The van der Waals surface area contributed by atoms with Gasteiger partial charge in [0, 0.05) is 31.8 Å². The van der Waals surface area contributed by atoms with E-state index in [0.29, 0.717) is 40.7 Å². The van der Waals surface area contributed by atoms with Gasteiger partial charge in [0.05, 0.1) is 54.6 Å². The molecule has 1 aliphatic heterocycles. The molecule has 12 heteroatoms. The van der Waals surface area contributed by atoms with E-state index >= 15 is 0 Å². The van der Waals surface area contributed by atoms with Gasteiger partial charge in [0.15, 0.2) is 0 Å². The highest BCUT2D eigenvalue weighted by atomic mass is 35.5. The lowest BCUT2D eigenvalue weighted by atomic mass is 10.1. The van der Waals surface area contributed by atoms with Gasteiger partial charge in [0.1, 0.15) is 5.75 Å². The van der Waals surface area contributed by atoms with E-state index in [1.54, 1.807) is 45.9 Å². The van der Waals surface area contributed by atoms with Crippen LogP contribution >= 0.6 is 23.2 Å². The van der Waals surface area contributed by atoms with Crippen LogP contribution in [-0.2, 0) is 38.2 Å². The molecule has 1 aromatic heterocycles. The van der Waals surface area contributed by atoms with Crippen LogP contribution in [0.5, 0.6) is 5.75 Å². The molecule has 0 N–H and O–H groups in total. The Kier molecular flexibility index (Phi) is 9.90. The molecule has 4 rings (SSSR count). The third-order valence-electron chi connectivity index (χ3n) is 6.44. The summed E-state index contributed by atoms with van der Waals surface area (Å²) in [6.07, 6.45) is 3.09. The van der Waals surface area contributed by atoms with Gasteiger partial charge in [-0.15, -0.1) is 0 Å². The normalized spacial score (nSPS) is 15.4. The fraction of sp³-hybridized carbons (Fsp3) is 0.407. The molecule has 9 nitrogen and oxygen atoms in total. The van der Waals surface area contributed by atoms with Gasteiger partial charge >= 0.3 is 0 Å². The summed E-state index contributed by atoms with van der Waals surface area (Å²) in [6.45, 7) is 1.55. The number of methoxy groups -OCH3 is 2. The smallest absolute Gasteiger partial charge is 0.255 e. The van der Waals surface area contributed by atoms with Gasteiger partial charge in [-0.25, -0.2) is 13.4 Å². The topological polar surface area (TPSA) is 100.0 Å². The first-order valence-electron chi connectivity index (χ1n) is 12.5. The number of amides is 1. The molecule has 1 fully saturated rings. The number of carbonyl (C=O) groups is 1. The van der Waals surface area contributed by atoms with Crippen LogP contribution in [0.3, 0.4) is 0 Å². The molecule has 1 amide bonds. The first-order chi connectivity index (χ1) is 18.7. The number of benzene rings is 2. The second-order valence-corrected chi connectivity index (χ2v) is 12.0. The molecular formula is C27H31Cl2N3O6S. The van der Waals surface area contributed by atoms with Crippen LogP contribution in [0.25, 0.3) is 0 Å². The minimum Gasteiger partial charge on any atom is -0.497 e. The first kappa shape index (κ1) is 29.4. The molecule has 0 bridgehead atoms. The Labute approximate surface area is 238 Å². The summed E-state index contributed by atoms with van der Waals surface area (Å²) < 4.78 is 44.9. The fourth-order valence-corrected chi connectivity index (χ4v) is 6.51. The van der Waals surface area contributed by atoms with Crippen molar-refractivity contribution in [2.75, 3.05) is 34.0 Å². The SMILES string of the molecule is COCCn1c(CN(C[C@@H]2CCCO2)C(=O)c2ccc(Cl)cc2Cl)cnc1S(=O)(=O)Cc1cccc(OC)c1. The van der Waals surface area contributed by atoms with Crippen LogP contribution in [0.15, 0.2) is 53.8 Å². The molecule has 0 saturated carbocycles. The fourth-order valence-electron chi connectivity index (χ4n) is 4.52. The minimum absolute atomic E-state index is 0.0913. The number of hydrogen-bond donors (Lipinski definition) is 0. The first-order valence-corrected chi connectivity index (χ1v) is 14.9. The third-order valence-corrected chi connectivity index (χ3v) is 8.58. The number of aromatic nitrogens is 2. The van der Waals surface area contributed by atoms with Crippen LogP contribution in [0.4, 0.5) is 0 Å². The van der Waals surface area contributed by atoms with Crippen LogP contribution in [-0.4, -0.2) is 68.9 Å². The Balaban J connectivity index is 1.67. The lowest BCUT2D eigenvalue weighted by Gasteiger charge is -2.26. The Morgan fingerprint density at radius 2 is 2.03 bits per heavy atom. The summed E-state index contributed by atoms with van der Waals surface area (Å²) in [5.41, 5.74) is 1.42. The van der Waals surface area contributed by atoms with Crippen LogP contribution < -0.4 is 4.74 Å². The van der Waals surface area contributed by atoms with Gasteiger partial charge in [-0.2, -0.15) is 0 Å². The van der Waals surface area contributed by atoms with Crippen molar-refractivity contribution in [3.8, 4) is 5.75 Å². The highest BCUT2D eigenvalue weighted by molar-refractivity contribution is 7.90. The zero-order valence-corrected chi connectivity index (χ0v) is 24.1. The van der Waals surface area contributed by atoms with Crippen molar-refractivity contribution in [1.29, 1.82) is 0 Å². The average Bonchev–Trinajstić information content (AvgIpc) is 3.57. The van der Waals surface area contributed by atoms with Crippen molar-refractivity contribution in [2.45, 2.75) is 42.9 Å². The Bertz CT molecular complexity index is 1410. The van der Waals surface area contributed by atoms with E-state index in [-0.39, 0.29) is 47.6 Å². The number of rotatable bonds is 12. The van der Waals surface area contributed by atoms with Crippen LogP contribution in [0.2, 0.25) is 10.0 Å². The van der Waals surface area contributed by atoms with Gasteiger partial charge in [0.25, 0.3) is 5.91 Å². The highest BCUT2D eigenvalue weighted by Gasteiger charge is 2.29. The molecule has 0 aliphatic carbocycles. The molecule has 0 spiro atoms. The maximum atomic E-state index is 13.7. The van der Waals surface area contributed by atoms with E-state index in [2.05, 4.69) is 4.98 Å². The zero-order chi connectivity index (χ0) is 28.0. The molecule has 210 valence electrons. The Hall–Kier alpha value is -2.63. The van der Waals surface area contributed by atoms with Gasteiger partial charge < -0.3 is 23.7 Å². The van der Waals surface area contributed by atoms with Crippen molar-refractivity contribution in [3.05, 3.63) is 75.5 Å². The van der Waals surface area contributed by atoms with Gasteiger partial charge in [-0.05, 0) is 48.7 Å².